The molecule has 112 valence electrons. The molecule has 0 saturated heterocycles. The number of nitrogen functional groups attached to an aromatic ring is 1. The van der Waals surface area contributed by atoms with Gasteiger partial charge in [-0.1, -0.05) is 5.21 Å². The summed E-state index contributed by atoms with van der Waals surface area (Å²) in [5.41, 5.74) is 4.87. The van der Waals surface area contributed by atoms with E-state index in [1.807, 2.05) is 0 Å². The topological polar surface area (TPSA) is 170 Å². The van der Waals surface area contributed by atoms with Crippen LogP contribution in [0.1, 0.15) is 18.8 Å². The van der Waals surface area contributed by atoms with Crippen LogP contribution in [0.4, 0.5) is 11.4 Å². The van der Waals surface area contributed by atoms with Gasteiger partial charge in [0.15, 0.2) is 5.82 Å². The Balaban J connectivity index is 2.28. The van der Waals surface area contributed by atoms with Gasteiger partial charge in [0.1, 0.15) is 5.69 Å². The molecular weight excluding hydrogens is 302 g/mol. The largest absolute Gasteiger partial charge is 0.393 e. The number of nitro groups is 1. The normalized spacial score (nSPS) is 13.0. The molecule has 0 saturated carbocycles. The van der Waals surface area contributed by atoms with Gasteiger partial charge in [-0.25, -0.2) is 13.1 Å². The van der Waals surface area contributed by atoms with Crippen LogP contribution in [0.15, 0.2) is 23.1 Å². The first-order valence-corrected chi connectivity index (χ1v) is 7.09. The molecule has 1 atom stereocenters. The van der Waals surface area contributed by atoms with Gasteiger partial charge in [0.2, 0.25) is 10.0 Å². The van der Waals surface area contributed by atoms with E-state index in [0.717, 1.165) is 18.2 Å². The Morgan fingerprint density at radius 1 is 1.48 bits per heavy atom. The van der Waals surface area contributed by atoms with Crippen molar-refractivity contribution >= 4 is 21.4 Å². The maximum atomic E-state index is 12.1. The average Bonchev–Trinajstić information content (AvgIpc) is 2.91. The van der Waals surface area contributed by atoms with E-state index in [9.17, 15) is 18.5 Å². The maximum absolute atomic E-state index is 12.1. The standard InChI is InChI=1S/C9H11N7O4S/c1-5(9-11-14-15-12-9)13-21(19,20)6-2-3-8(16(17)18)7(10)4-6/h2-5,13H,10H2,1H3,(H,11,12,14,15). The van der Waals surface area contributed by atoms with E-state index in [4.69, 9.17) is 5.73 Å². The highest BCUT2D eigenvalue weighted by Gasteiger charge is 2.23. The van der Waals surface area contributed by atoms with Gasteiger partial charge >= 0.3 is 0 Å². The van der Waals surface area contributed by atoms with Gasteiger partial charge in [0.25, 0.3) is 5.69 Å². The van der Waals surface area contributed by atoms with Crippen molar-refractivity contribution in [2.75, 3.05) is 5.73 Å². The van der Waals surface area contributed by atoms with Crippen LogP contribution in [0.5, 0.6) is 0 Å². The Morgan fingerprint density at radius 3 is 2.71 bits per heavy atom. The number of anilines is 1. The monoisotopic (exact) mass is 313 g/mol. The van der Waals surface area contributed by atoms with Crippen LogP contribution in [-0.2, 0) is 10.0 Å². The van der Waals surface area contributed by atoms with Crippen LogP contribution >= 0.6 is 0 Å². The molecule has 2 aromatic rings. The van der Waals surface area contributed by atoms with Gasteiger partial charge in [-0.3, -0.25) is 10.1 Å². The molecule has 0 radical (unpaired) electrons. The minimum Gasteiger partial charge on any atom is -0.393 e. The molecule has 12 heteroatoms. The Hall–Kier alpha value is -2.60. The lowest BCUT2D eigenvalue weighted by Gasteiger charge is -2.11. The Bertz CT molecular complexity index is 758. The van der Waals surface area contributed by atoms with E-state index in [1.54, 1.807) is 0 Å². The summed E-state index contributed by atoms with van der Waals surface area (Å²) < 4.78 is 26.6. The van der Waals surface area contributed by atoms with Crippen molar-refractivity contribution in [2.45, 2.75) is 17.9 Å². The van der Waals surface area contributed by atoms with Gasteiger partial charge < -0.3 is 5.73 Å². The van der Waals surface area contributed by atoms with Crippen molar-refractivity contribution in [3.63, 3.8) is 0 Å². The lowest BCUT2D eigenvalue weighted by Crippen LogP contribution is -2.27. The summed E-state index contributed by atoms with van der Waals surface area (Å²) in [4.78, 5) is 9.76. The second kappa shape index (κ2) is 5.41. The van der Waals surface area contributed by atoms with E-state index >= 15 is 0 Å². The molecule has 0 aliphatic rings. The third kappa shape index (κ3) is 3.11. The highest BCUT2D eigenvalue weighted by molar-refractivity contribution is 7.89. The number of hydrogen-bond donors (Lipinski definition) is 3. The number of hydrogen-bond acceptors (Lipinski definition) is 8. The summed E-state index contributed by atoms with van der Waals surface area (Å²) in [7, 11) is -3.92. The smallest absolute Gasteiger partial charge is 0.292 e. The van der Waals surface area contributed by atoms with Crippen LogP contribution in [0, 0.1) is 10.1 Å². The number of sulfonamides is 1. The lowest BCUT2D eigenvalue weighted by molar-refractivity contribution is -0.383. The zero-order valence-corrected chi connectivity index (χ0v) is 11.5. The predicted molar refractivity (Wildman–Crippen MR) is 70.4 cm³/mol. The molecule has 0 aliphatic carbocycles. The molecule has 21 heavy (non-hydrogen) atoms. The van der Waals surface area contributed by atoms with E-state index in [1.165, 1.54) is 6.92 Å². The van der Waals surface area contributed by atoms with Crippen LogP contribution < -0.4 is 10.5 Å². The van der Waals surface area contributed by atoms with E-state index in [0.29, 0.717) is 0 Å². The number of aromatic nitrogens is 4. The van der Waals surface area contributed by atoms with Crippen LogP contribution in [-0.4, -0.2) is 34.0 Å². The van der Waals surface area contributed by atoms with Crippen molar-refractivity contribution in [3.05, 3.63) is 34.1 Å². The molecule has 4 N–H and O–H groups in total. The second-order valence-corrected chi connectivity index (χ2v) is 5.80. The summed E-state index contributed by atoms with van der Waals surface area (Å²) in [5.74, 6) is 0.161. The van der Waals surface area contributed by atoms with Gasteiger partial charge in [-0.2, -0.15) is 5.21 Å². The van der Waals surface area contributed by atoms with E-state index < -0.39 is 21.0 Å². The summed E-state index contributed by atoms with van der Waals surface area (Å²) in [6.45, 7) is 1.52. The van der Waals surface area contributed by atoms with Gasteiger partial charge in [-0.15, -0.1) is 10.2 Å². The number of tetrazole rings is 1. The number of H-pyrrole nitrogens is 1. The average molecular weight is 313 g/mol. The van der Waals surface area contributed by atoms with Gasteiger partial charge in [0, 0.05) is 6.07 Å². The number of aromatic amines is 1. The van der Waals surface area contributed by atoms with E-state index in [-0.39, 0.29) is 22.1 Å². The molecule has 11 nitrogen and oxygen atoms in total. The molecular formula is C9H11N7O4S. The number of rotatable bonds is 5. The van der Waals surface area contributed by atoms with Crippen molar-refractivity contribution < 1.29 is 13.3 Å². The Labute approximate surface area is 118 Å². The molecule has 1 aromatic heterocycles. The number of nitrogens with one attached hydrogen (secondary N) is 2. The molecule has 1 heterocycles. The van der Waals surface area contributed by atoms with Crippen LogP contribution in [0.25, 0.3) is 0 Å². The zero-order valence-electron chi connectivity index (χ0n) is 10.7. The highest BCUT2D eigenvalue weighted by Crippen LogP contribution is 2.25. The first kappa shape index (κ1) is 14.8. The van der Waals surface area contributed by atoms with Gasteiger partial charge in [0.05, 0.1) is 15.9 Å². The van der Waals surface area contributed by atoms with Crippen molar-refractivity contribution in [2.24, 2.45) is 0 Å². The predicted octanol–water partition coefficient (Wildman–Crippen LogP) is -0.270. The number of nitrogens with two attached hydrogens (primary N) is 1. The number of nitro benzene ring substituents is 1. The molecule has 0 aliphatic heterocycles. The Kier molecular flexibility index (Phi) is 3.82. The van der Waals surface area contributed by atoms with Crippen molar-refractivity contribution in [1.82, 2.24) is 25.3 Å². The fraction of sp³-hybridized carbons (Fsp3) is 0.222. The van der Waals surface area contributed by atoms with Crippen molar-refractivity contribution in [3.8, 4) is 0 Å². The fourth-order valence-electron chi connectivity index (χ4n) is 1.57. The molecule has 0 fully saturated rings. The molecule has 0 spiro atoms. The minimum absolute atomic E-state index is 0.161. The summed E-state index contributed by atoms with van der Waals surface area (Å²) >= 11 is 0. The molecule has 0 bridgehead atoms. The van der Waals surface area contributed by atoms with Crippen LogP contribution in [0.2, 0.25) is 0 Å². The van der Waals surface area contributed by atoms with Crippen molar-refractivity contribution in [1.29, 1.82) is 0 Å². The molecule has 1 unspecified atom stereocenters. The third-order valence-electron chi connectivity index (χ3n) is 2.59. The number of benzene rings is 1. The van der Waals surface area contributed by atoms with Crippen LogP contribution in [0.3, 0.4) is 0 Å². The summed E-state index contributed by atoms with van der Waals surface area (Å²) in [6, 6.07) is 2.41. The lowest BCUT2D eigenvalue weighted by atomic mass is 10.3. The third-order valence-corrected chi connectivity index (χ3v) is 4.13. The first-order chi connectivity index (χ1) is 9.81. The number of nitrogens with zero attached hydrogens (tertiary/aromatic N) is 4. The SMILES string of the molecule is CC(NS(=O)(=O)c1ccc([N+](=O)[O-])c(N)c1)c1nn[nH]n1. The first-order valence-electron chi connectivity index (χ1n) is 5.61. The fourth-order valence-corrected chi connectivity index (χ4v) is 2.81. The second-order valence-electron chi connectivity index (χ2n) is 4.09. The molecule has 0 amide bonds. The minimum atomic E-state index is -3.92. The summed E-state index contributed by atoms with van der Waals surface area (Å²) in [5, 5.41) is 23.5. The Morgan fingerprint density at radius 2 is 2.19 bits per heavy atom. The quantitative estimate of drug-likeness (QED) is 0.384. The molecule has 2 rings (SSSR count). The zero-order chi connectivity index (χ0) is 15.6. The van der Waals surface area contributed by atoms with Gasteiger partial charge in [-0.05, 0) is 19.1 Å². The van der Waals surface area contributed by atoms with E-state index in [2.05, 4.69) is 25.3 Å². The molecule has 1 aromatic carbocycles. The highest BCUT2D eigenvalue weighted by atomic mass is 32.2. The summed E-state index contributed by atoms with van der Waals surface area (Å²) in [6.07, 6.45) is 0. The maximum Gasteiger partial charge on any atom is 0.292 e.